The first-order valence-electron chi connectivity index (χ1n) is 6.67. The van der Waals surface area contributed by atoms with E-state index in [0.29, 0.717) is 12.1 Å². The van der Waals surface area contributed by atoms with E-state index in [1.165, 1.54) is 0 Å². The Morgan fingerprint density at radius 3 is 2.95 bits per heavy atom. The molecule has 0 bridgehead atoms. The van der Waals surface area contributed by atoms with Gasteiger partial charge in [-0.05, 0) is 19.4 Å². The summed E-state index contributed by atoms with van der Waals surface area (Å²) in [5.41, 5.74) is 3.20. The van der Waals surface area contributed by atoms with Gasteiger partial charge in [0.2, 0.25) is 0 Å². The number of aryl methyl sites for hydroxylation is 1. The van der Waals surface area contributed by atoms with Gasteiger partial charge in [0.1, 0.15) is 0 Å². The van der Waals surface area contributed by atoms with Crippen molar-refractivity contribution in [2.24, 2.45) is 0 Å². The van der Waals surface area contributed by atoms with Crippen molar-refractivity contribution in [1.29, 1.82) is 0 Å². The van der Waals surface area contributed by atoms with Crippen LogP contribution >= 0.6 is 0 Å². The maximum atomic E-state index is 12.2. The van der Waals surface area contributed by atoms with Gasteiger partial charge in [0, 0.05) is 36.7 Å². The monoisotopic (exact) mass is 273 g/mol. The second-order valence-electron chi connectivity index (χ2n) is 4.59. The van der Waals surface area contributed by atoms with Gasteiger partial charge >= 0.3 is 0 Å². The van der Waals surface area contributed by atoms with Crippen LogP contribution in [0.4, 0.5) is 5.69 Å². The summed E-state index contributed by atoms with van der Waals surface area (Å²) in [6.07, 6.45) is 6.04. The molecule has 0 aliphatic carbocycles. The molecule has 1 amide bonds. The number of carbonyl (C=O) groups is 1. The average Bonchev–Trinajstić information content (AvgIpc) is 2.96. The van der Waals surface area contributed by atoms with Crippen molar-refractivity contribution in [1.82, 2.24) is 20.5 Å². The molecule has 2 aromatic heterocycles. The first kappa shape index (κ1) is 14.0. The molecular weight excluding hydrogens is 254 g/mol. The van der Waals surface area contributed by atoms with Gasteiger partial charge in [0.25, 0.3) is 5.91 Å². The number of aromatic amines is 1. The summed E-state index contributed by atoms with van der Waals surface area (Å²) in [6.45, 7) is 5.26. The third-order valence-electron chi connectivity index (χ3n) is 2.86. The molecule has 0 fully saturated rings. The zero-order chi connectivity index (χ0) is 14.4. The highest BCUT2D eigenvalue weighted by molar-refractivity contribution is 5.99. The third-order valence-corrected chi connectivity index (χ3v) is 2.86. The van der Waals surface area contributed by atoms with Gasteiger partial charge in [0.15, 0.2) is 0 Å². The Labute approximate surface area is 118 Å². The van der Waals surface area contributed by atoms with E-state index in [4.69, 9.17) is 0 Å². The zero-order valence-corrected chi connectivity index (χ0v) is 11.7. The van der Waals surface area contributed by atoms with E-state index in [1.807, 2.05) is 13.0 Å². The molecule has 2 heterocycles. The normalized spacial score (nSPS) is 10.3. The third kappa shape index (κ3) is 3.57. The van der Waals surface area contributed by atoms with Crippen molar-refractivity contribution in [3.63, 3.8) is 0 Å². The van der Waals surface area contributed by atoms with Crippen molar-refractivity contribution in [2.75, 3.05) is 11.9 Å². The van der Waals surface area contributed by atoms with Gasteiger partial charge in [-0.1, -0.05) is 6.92 Å². The standard InChI is InChI=1S/C14H19N5O/c1-3-4-15-13-5-10(2)16-9-12(13)14(20)17-6-11-7-18-19-8-11/h5,7-9H,3-4,6H2,1-2H3,(H,15,16)(H,17,20)(H,18,19). The van der Waals surface area contributed by atoms with Gasteiger partial charge in [-0.25, -0.2) is 0 Å². The Morgan fingerprint density at radius 2 is 2.25 bits per heavy atom. The van der Waals surface area contributed by atoms with Gasteiger partial charge in [-0.15, -0.1) is 0 Å². The lowest BCUT2D eigenvalue weighted by molar-refractivity contribution is 0.0951. The Kier molecular flexibility index (Phi) is 4.70. The van der Waals surface area contributed by atoms with Crippen LogP contribution in [0, 0.1) is 6.92 Å². The molecular formula is C14H19N5O. The molecule has 0 aromatic carbocycles. The lowest BCUT2D eigenvalue weighted by Gasteiger charge is -2.11. The molecule has 2 aromatic rings. The fourth-order valence-electron chi connectivity index (χ4n) is 1.80. The van der Waals surface area contributed by atoms with Crippen LogP contribution in [0.1, 0.15) is 35.0 Å². The summed E-state index contributed by atoms with van der Waals surface area (Å²) in [6, 6.07) is 1.89. The SMILES string of the molecule is CCCNc1cc(C)ncc1C(=O)NCc1cn[nH]c1. The predicted octanol–water partition coefficient (Wildman–Crippen LogP) is 1.87. The van der Waals surface area contributed by atoms with Crippen LogP contribution in [-0.2, 0) is 6.54 Å². The number of nitrogens with zero attached hydrogens (tertiary/aromatic N) is 2. The molecule has 20 heavy (non-hydrogen) atoms. The van der Waals surface area contributed by atoms with Crippen molar-refractivity contribution in [3.05, 3.63) is 41.5 Å². The second kappa shape index (κ2) is 6.70. The second-order valence-corrected chi connectivity index (χ2v) is 4.59. The van der Waals surface area contributed by atoms with Crippen molar-refractivity contribution in [2.45, 2.75) is 26.8 Å². The van der Waals surface area contributed by atoms with Gasteiger partial charge < -0.3 is 10.6 Å². The fourth-order valence-corrected chi connectivity index (χ4v) is 1.80. The Balaban J connectivity index is 2.07. The molecule has 0 aliphatic rings. The fraction of sp³-hybridized carbons (Fsp3) is 0.357. The lowest BCUT2D eigenvalue weighted by Crippen LogP contribution is -2.24. The Bertz CT molecular complexity index is 565. The maximum absolute atomic E-state index is 12.2. The summed E-state index contributed by atoms with van der Waals surface area (Å²) >= 11 is 0. The molecule has 0 saturated heterocycles. The van der Waals surface area contributed by atoms with Crippen molar-refractivity contribution in [3.8, 4) is 0 Å². The number of aromatic nitrogens is 3. The minimum atomic E-state index is -0.141. The summed E-state index contributed by atoms with van der Waals surface area (Å²) in [5, 5.41) is 12.7. The molecule has 6 heteroatoms. The number of hydrogen-bond acceptors (Lipinski definition) is 4. The van der Waals surface area contributed by atoms with E-state index in [9.17, 15) is 4.79 Å². The van der Waals surface area contributed by atoms with E-state index in [0.717, 1.165) is 29.9 Å². The number of nitrogens with one attached hydrogen (secondary N) is 3. The van der Waals surface area contributed by atoms with E-state index < -0.39 is 0 Å². The minimum absolute atomic E-state index is 0.141. The number of hydrogen-bond donors (Lipinski definition) is 3. The van der Waals surface area contributed by atoms with Crippen molar-refractivity contribution >= 4 is 11.6 Å². The Morgan fingerprint density at radius 1 is 1.40 bits per heavy atom. The molecule has 2 rings (SSSR count). The average molecular weight is 273 g/mol. The number of pyridine rings is 1. The van der Waals surface area contributed by atoms with Crippen LogP contribution in [0.5, 0.6) is 0 Å². The molecule has 0 radical (unpaired) electrons. The largest absolute Gasteiger partial charge is 0.384 e. The molecule has 3 N–H and O–H groups in total. The number of H-pyrrole nitrogens is 1. The highest BCUT2D eigenvalue weighted by Crippen LogP contribution is 2.15. The van der Waals surface area contributed by atoms with E-state index in [2.05, 4.69) is 32.7 Å². The molecule has 106 valence electrons. The van der Waals surface area contributed by atoms with Crippen LogP contribution in [0.15, 0.2) is 24.7 Å². The number of anilines is 1. The first-order chi connectivity index (χ1) is 9.70. The zero-order valence-electron chi connectivity index (χ0n) is 11.7. The quantitative estimate of drug-likeness (QED) is 0.750. The highest BCUT2D eigenvalue weighted by atomic mass is 16.1. The number of carbonyl (C=O) groups excluding carboxylic acids is 1. The molecule has 0 aliphatic heterocycles. The van der Waals surface area contributed by atoms with Crippen LogP contribution in [0.2, 0.25) is 0 Å². The van der Waals surface area contributed by atoms with Crippen molar-refractivity contribution < 1.29 is 4.79 Å². The topological polar surface area (TPSA) is 82.7 Å². The number of amides is 1. The molecule has 0 atom stereocenters. The number of rotatable bonds is 6. The Hall–Kier alpha value is -2.37. The minimum Gasteiger partial charge on any atom is -0.384 e. The maximum Gasteiger partial charge on any atom is 0.255 e. The molecule has 0 saturated carbocycles. The van der Waals surface area contributed by atoms with Gasteiger partial charge in [-0.2, -0.15) is 5.10 Å². The summed E-state index contributed by atoms with van der Waals surface area (Å²) in [7, 11) is 0. The van der Waals surface area contributed by atoms with E-state index >= 15 is 0 Å². The van der Waals surface area contributed by atoms with Crippen LogP contribution in [0.25, 0.3) is 0 Å². The summed E-state index contributed by atoms with van der Waals surface area (Å²) in [5.74, 6) is -0.141. The molecule has 0 unspecified atom stereocenters. The van der Waals surface area contributed by atoms with Crippen LogP contribution < -0.4 is 10.6 Å². The highest BCUT2D eigenvalue weighted by Gasteiger charge is 2.12. The molecule has 6 nitrogen and oxygen atoms in total. The van der Waals surface area contributed by atoms with Gasteiger partial charge in [-0.3, -0.25) is 14.9 Å². The molecule has 0 spiro atoms. The van der Waals surface area contributed by atoms with E-state index in [1.54, 1.807) is 18.6 Å². The van der Waals surface area contributed by atoms with E-state index in [-0.39, 0.29) is 5.91 Å². The summed E-state index contributed by atoms with van der Waals surface area (Å²) < 4.78 is 0. The predicted molar refractivity (Wildman–Crippen MR) is 77.5 cm³/mol. The summed E-state index contributed by atoms with van der Waals surface area (Å²) in [4.78, 5) is 16.4. The lowest BCUT2D eigenvalue weighted by atomic mass is 10.2. The van der Waals surface area contributed by atoms with Crippen LogP contribution in [-0.4, -0.2) is 27.6 Å². The smallest absolute Gasteiger partial charge is 0.255 e. The van der Waals surface area contributed by atoms with Crippen LogP contribution in [0.3, 0.4) is 0 Å². The van der Waals surface area contributed by atoms with Gasteiger partial charge in [0.05, 0.1) is 17.4 Å². The first-order valence-corrected chi connectivity index (χ1v) is 6.67.